The van der Waals surface area contributed by atoms with Crippen molar-refractivity contribution < 1.29 is 8.78 Å². The van der Waals surface area contributed by atoms with Crippen molar-refractivity contribution in [1.29, 1.82) is 0 Å². The molecule has 0 amide bonds. The van der Waals surface area contributed by atoms with E-state index in [0.29, 0.717) is 16.8 Å². The smallest absolute Gasteiger partial charge is 0.153 e. The molecule has 3 aromatic rings. The van der Waals surface area contributed by atoms with Crippen molar-refractivity contribution in [2.75, 3.05) is 5.73 Å². The van der Waals surface area contributed by atoms with Gasteiger partial charge in [0.1, 0.15) is 11.6 Å². The van der Waals surface area contributed by atoms with Gasteiger partial charge in [-0.15, -0.1) is 0 Å². The molecule has 0 aliphatic carbocycles. The minimum absolute atomic E-state index is 0.214. The molecule has 0 saturated carbocycles. The molecule has 2 heterocycles. The van der Waals surface area contributed by atoms with E-state index < -0.39 is 11.6 Å². The van der Waals surface area contributed by atoms with Crippen LogP contribution < -0.4 is 5.73 Å². The van der Waals surface area contributed by atoms with Gasteiger partial charge in [-0.25, -0.2) is 8.78 Å². The highest BCUT2D eigenvalue weighted by Crippen LogP contribution is 2.35. The number of benzene rings is 1. The maximum absolute atomic E-state index is 13.3. The Balaban J connectivity index is 2.22. The Bertz CT molecular complexity index is 699. The van der Waals surface area contributed by atoms with Gasteiger partial charge < -0.3 is 5.73 Å². The molecule has 0 atom stereocenters. The number of nitrogens with two attached hydrogens (primary N) is 1. The summed E-state index contributed by atoms with van der Waals surface area (Å²) in [5.41, 5.74) is 8.21. The number of thiophene rings is 1. The highest BCUT2D eigenvalue weighted by molar-refractivity contribution is 7.08. The molecular weight excluding hydrogens is 268 g/mol. The van der Waals surface area contributed by atoms with Gasteiger partial charge in [0.25, 0.3) is 0 Å². The van der Waals surface area contributed by atoms with Gasteiger partial charge in [0, 0.05) is 17.0 Å². The van der Waals surface area contributed by atoms with Crippen LogP contribution in [0.5, 0.6) is 0 Å². The minimum atomic E-state index is -0.646. The molecule has 0 bridgehead atoms. The zero-order valence-electron chi connectivity index (χ0n) is 9.65. The summed E-state index contributed by atoms with van der Waals surface area (Å²) < 4.78 is 26.6. The average molecular weight is 277 g/mol. The fourth-order valence-corrected chi connectivity index (χ4v) is 2.61. The van der Waals surface area contributed by atoms with E-state index >= 15 is 0 Å². The number of hydrogen-bond acceptors (Lipinski definition) is 3. The van der Waals surface area contributed by atoms with Crippen LogP contribution in [0.15, 0.2) is 35.0 Å². The largest absolute Gasteiger partial charge is 0.382 e. The highest BCUT2D eigenvalue weighted by Gasteiger charge is 2.16. The van der Waals surface area contributed by atoms with Crippen LogP contribution in [-0.2, 0) is 0 Å². The third kappa shape index (κ3) is 2.10. The van der Waals surface area contributed by atoms with E-state index in [2.05, 4.69) is 10.2 Å². The topological polar surface area (TPSA) is 54.7 Å². The highest BCUT2D eigenvalue weighted by atomic mass is 32.1. The molecule has 0 fully saturated rings. The molecule has 3 nitrogen and oxygen atoms in total. The Hall–Kier alpha value is -2.21. The normalized spacial score (nSPS) is 10.8. The minimum Gasteiger partial charge on any atom is -0.382 e. The van der Waals surface area contributed by atoms with E-state index in [0.717, 1.165) is 11.6 Å². The van der Waals surface area contributed by atoms with Crippen LogP contribution in [0.2, 0.25) is 0 Å². The SMILES string of the molecule is Nc1n[nH]c(-c2ccsc2)c1-c1cc(F)cc(F)c1. The van der Waals surface area contributed by atoms with Crippen molar-refractivity contribution in [2.24, 2.45) is 0 Å². The zero-order chi connectivity index (χ0) is 13.4. The summed E-state index contributed by atoms with van der Waals surface area (Å²) in [5, 5.41) is 10.5. The van der Waals surface area contributed by atoms with Gasteiger partial charge in [-0.3, -0.25) is 5.10 Å². The van der Waals surface area contributed by atoms with Crippen LogP contribution in [0, 0.1) is 11.6 Å². The summed E-state index contributed by atoms with van der Waals surface area (Å²) in [4.78, 5) is 0. The van der Waals surface area contributed by atoms with Crippen molar-refractivity contribution in [1.82, 2.24) is 10.2 Å². The van der Waals surface area contributed by atoms with Gasteiger partial charge in [-0.05, 0) is 29.1 Å². The first-order valence-electron chi connectivity index (χ1n) is 5.48. The van der Waals surface area contributed by atoms with Crippen molar-refractivity contribution in [3.63, 3.8) is 0 Å². The predicted molar refractivity (Wildman–Crippen MR) is 71.7 cm³/mol. The Kier molecular flexibility index (Phi) is 2.79. The molecule has 2 aromatic heterocycles. The summed E-state index contributed by atoms with van der Waals surface area (Å²) >= 11 is 1.52. The molecule has 3 rings (SSSR count). The molecule has 6 heteroatoms. The van der Waals surface area contributed by atoms with Gasteiger partial charge in [-0.2, -0.15) is 16.4 Å². The third-order valence-corrected chi connectivity index (χ3v) is 3.44. The number of aromatic nitrogens is 2. The summed E-state index contributed by atoms with van der Waals surface area (Å²) in [6, 6.07) is 5.18. The Morgan fingerprint density at radius 2 is 1.84 bits per heavy atom. The van der Waals surface area contributed by atoms with Crippen molar-refractivity contribution in [3.05, 3.63) is 46.7 Å². The molecule has 0 aliphatic rings. The third-order valence-electron chi connectivity index (χ3n) is 2.76. The molecule has 0 radical (unpaired) electrons. The maximum atomic E-state index is 13.3. The van der Waals surface area contributed by atoms with E-state index in [9.17, 15) is 8.78 Å². The number of anilines is 1. The number of nitrogen functional groups attached to an aromatic ring is 1. The second-order valence-electron chi connectivity index (χ2n) is 4.03. The monoisotopic (exact) mass is 277 g/mol. The van der Waals surface area contributed by atoms with E-state index in [-0.39, 0.29) is 5.82 Å². The predicted octanol–water partition coefficient (Wildman–Crippen LogP) is 3.67. The molecule has 19 heavy (non-hydrogen) atoms. The zero-order valence-corrected chi connectivity index (χ0v) is 10.5. The van der Waals surface area contributed by atoms with Crippen molar-refractivity contribution in [3.8, 4) is 22.4 Å². The number of rotatable bonds is 2. The lowest BCUT2D eigenvalue weighted by molar-refractivity contribution is 0.584. The molecule has 0 unspecified atom stereocenters. The van der Waals surface area contributed by atoms with E-state index in [4.69, 9.17) is 5.73 Å². The van der Waals surface area contributed by atoms with E-state index in [1.165, 1.54) is 23.5 Å². The number of hydrogen-bond donors (Lipinski definition) is 2. The molecule has 0 spiro atoms. The van der Waals surface area contributed by atoms with Crippen LogP contribution in [0.25, 0.3) is 22.4 Å². The number of nitrogens with one attached hydrogen (secondary N) is 1. The first-order valence-corrected chi connectivity index (χ1v) is 6.42. The Labute approximate surface area is 111 Å². The summed E-state index contributed by atoms with van der Waals surface area (Å²) in [7, 11) is 0. The average Bonchev–Trinajstić information content (AvgIpc) is 2.95. The van der Waals surface area contributed by atoms with Gasteiger partial charge >= 0.3 is 0 Å². The molecule has 1 aromatic carbocycles. The first-order chi connectivity index (χ1) is 9.15. The van der Waals surface area contributed by atoms with Crippen LogP contribution in [0.1, 0.15) is 0 Å². The van der Waals surface area contributed by atoms with Crippen LogP contribution in [-0.4, -0.2) is 10.2 Å². The van der Waals surface area contributed by atoms with Gasteiger partial charge in [0.15, 0.2) is 5.82 Å². The number of aromatic amines is 1. The Morgan fingerprint density at radius 1 is 1.11 bits per heavy atom. The van der Waals surface area contributed by atoms with Gasteiger partial charge in [0.05, 0.1) is 11.3 Å². The summed E-state index contributed by atoms with van der Waals surface area (Å²) in [6.07, 6.45) is 0. The van der Waals surface area contributed by atoms with E-state index in [1.807, 2.05) is 16.8 Å². The lowest BCUT2D eigenvalue weighted by atomic mass is 10.0. The molecule has 3 N–H and O–H groups in total. The van der Waals surface area contributed by atoms with E-state index in [1.54, 1.807) is 0 Å². The van der Waals surface area contributed by atoms with Crippen LogP contribution in [0.3, 0.4) is 0 Å². The number of halogens is 2. The lowest BCUT2D eigenvalue weighted by Crippen LogP contribution is -1.90. The van der Waals surface area contributed by atoms with Crippen molar-refractivity contribution >= 4 is 17.2 Å². The fraction of sp³-hybridized carbons (Fsp3) is 0. The summed E-state index contributed by atoms with van der Waals surface area (Å²) in [5.74, 6) is -1.08. The number of nitrogens with zero attached hydrogens (tertiary/aromatic N) is 1. The second-order valence-corrected chi connectivity index (χ2v) is 4.81. The maximum Gasteiger partial charge on any atom is 0.153 e. The summed E-state index contributed by atoms with van der Waals surface area (Å²) in [6.45, 7) is 0. The van der Waals surface area contributed by atoms with Gasteiger partial charge in [-0.1, -0.05) is 0 Å². The quantitative estimate of drug-likeness (QED) is 0.751. The standard InChI is InChI=1S/C13H9F2N3S/c14-9-3-8(4-10(15)5-9)11-12(17-18-13(11)16)7-1-2-19-6-7/h1-6H,(H3,16,17,18). The lowest BCUT2D eigenvalue weighted by Gasteiger charge is -2.04. The Morgan fingerprint density at radius 3 is 2.47 bits per heavy atom. The fourth-order valence-electron chi connectivity index (χ4n) is 1.96. The molecular formula is C13H9F2N3S. The molecule has 96 valence electrons. The molecule has 0 saturated heterocycles. The molecule has 0 aliphatic heterocycles. The van der Waals surface area contributed by atoms with Crippen LogP contribution >= 0.6 is 11.3 Å². The van der Waals surface area contributed by atoms with Crippen LogP contribution in [0.4, 0.5) is 14.6 Å². The first kappa shape index (κ1) is 11.9. The second kappa shape index (κ2) is 4.47. The van der Waals surface area contributed by atoms with Crippen molar-refractivity contribution in [2.45, 2.75) is 0 Å². The van der Waals surface area contributed by atoms with Gasteiger partial charge in [0.2, 0.25) is 0 Å². The number of H-pyrrole nitrogens is 1.